The molecule has 2 heteroatoms. The third-order valence-electron chi connectivity index (χ3n) is 4.00. The molecule has 100 valence electrons. The molecule has 0 aliphatic carbocycles. The Hall–Kier alpha value is -1.02. The first kappa shape index (κ1) is 13.4. The van der Waals surface area contributed by atoms with Gasteiger partial charge in [-0.2, -0.15) is 0 Å². The smallest absolute Gasteiger partial charge is 0.0372 e. The van der Waals surface area contributed by atoms with Crippen LogP contribution in [-0.4, -0.2) is 30.1 Å². The molecule has 2 rings (SSSR count). The Morgan fingerprint density at radius 2 is 1.94 bits per heavy atom. The first-order valence-corrected chi connectivity index (χ1v) is 7.23. The van der Waals surface area contributed by atoms with Gasteiger partial charge in [0.2, 0.25) is 0 Å². The van der Waals surface area contributed by atoms with Gasteiger partial charge in [-0.05, 0) is 58.2 Å². The summed E-state index contributed by atoms with van der Waals surface area (Å²) < 4.78 is 0. The maximum atomic E-state index is 3.72. The van der Waals surface area contributed by atoms with E-state index in [9.17, 15) is 0 Å². The Morgan fingerprint density at radius 1 is 1.17 bits per heavy atom. The Kier molecular flexibility index (Phi) is 4.65. The van der Waals surface area contributed by atoms with Crippen LogP contribution in [0.15, 0.2) is 24.3 Å². The minimum atomic E-state index is 0.634. The number of nitrogens with one attached hydrogen (secondary N) is 1. The fraction of sp³-hybridized carbons (Fsp3) is 0.625. The summed E-state index contributed by atoms with van der Waals surface area (Å²) in [7, 11) is 0. The molecule has 0 amide bonds. The fourth-order valence-electron chi connectivity index (χ4n) is 2.73. The predicted molar refractivity (Wildman–Crippen MR) is 79.1 cm³/mol. The van der Waals surface area contributed by atoms with Gasteiger partial charge in [0.05, 0.1) is 0 Å². The van der Waals surface area contributed by atoms with Crippen LogP contribution in [0, 0.1) is 6.92 Å². The Bertz CT molecular complexity index is 373. The van der Waals surface area contributed by atoms with E-state index >= 15 is 0 Å². The third-order valence-corrected chi connectivity index (χ3v) is 4.00. The molecule has 0 radical (unpaired) electrons. The number of benzene rings is 1. The van der Waals surface area contributed by atoms with Crippen LogP contribution in [0.4, 0.5) is 5.69 Å². The average molecular weight is 246 g/mol. The SMILES string of the molecule is Cc1ccccc1NC1CCCN(C(C)C)CC1. The Morgan fingerprint density at radius 3 is 2.67 bits per heavy atom. The molecular weight excluding hydrogens is 220 g/mol. The molecule has 1 aliphatic rings. The van der Waals surface area contributed by atoms with Crippen LogP contribution >= 0.6 is 0 Å². The van der Waals surface area contributed by atoms with Crippen LogP contribution in [0.25, 0.3) is 0 Å². The summed E-state index contributed by atoms with van der Waals surface area (Å²) in [5.41, 5.74) is 2.66. The van der Waals surface area contributed by atoms with Crippen LogP contribution < -0.4 is 5.32 Å². The highest BCUT2D eigenvalue weighted by atomic mass is 15.1. The largest absolute Gasteiger partial charge is 0.382 e. The predicted octanol–water partition coefficient (Wildman–Crippen LogP) is 3.67. The van der Waals surface area contributed by atoms with E-state index in [2.05, 4.69) is 55.3 Å². The second kappa shape index (κ2) is 6.24. The molecule has 1 aromatic carbocycles. The van der Waals surface area contributed by atoms with Gasteiger partial charge in [-0.1, -0.05) is 18.2 Å². The van der Waals surface area contributed by atoms with Gasteiger partial charge in [0.1, 0.15) is 0 Å². The van der Waals surface area contributed by atoms with Crippen molar-refractivity contribution in [1.29, 1.82) is 0 Å². The standard InChI is InChI=1S/C16H26N2/c1-13(2)18-11-6-8-15(10-12-18)17-16-9-5-4-7-14(16)3/h4-5,7,9,13,15,17H,6,8,10-12H2,1-3H3. The number of rotatable bonds is 3. The van der Waals surface area contributed by atoms with Crippen molar-refractivity contribution >= 4 is 5.69 Å². The van der Waals surface area contributed by atoms with Crippen molar-refractivity contribution in [3.63, 3.8) is 0 Å². The number of anilines is 1. The van der Waals surface area contributed by atoms with E-state index in [1.807, 2.05) is 0 Å². The number of likely N-dealkylation sites (tertiary alicyclic amines) is 1. The van der Waals surface area contributed by atoms with Gasteiger partial charge < -0.3 is 10.2 Å². The maximum absolute atomic E-state index is 3.72. The van der Waals surface area contributed by atoms with Crippen molar-refractivity contribution in [2.24, 2.45) is 0 Å². The lowest BCUT2D eigenvalue weighted by atomic mass is 10.1. The summed E-state index contributed by atoms with van der Waals surface area (Å²) in [6.45, 7) is 9.26. The van der Waals surface area contributed by atoms with Crippen molar-refractivity contribution in [1.82, 2.24) is 4.90 Å². The lowest BCUT2D eigenvalue weighted by Crippen LogP contribution is -2.32. The topological polar surface area (TPSA) is 15.3 Å². The highest BCUT2D eigenvalue weighted by Crippen LogP contribution is 2.20. The first-order valence-electron chi connectivity index (χ1n) is 7.23. The zero-order valence-corrected chi connectivity index (χ0v) is 11.9. The molecule has 2 nitrogen and oxygen atoms in total. The maximum Gasteiger partial charge on any atom is 0.0372 e. The van der Waals surface area contributed by atoms with Crippen molar-refractivity contribution in [3.8, 4) is 0 Å². The van der Waals surface area contributed by atoms with E-state index in [4.69, 9.17) is 0 Å². The van der Waals surface area contributed by atoms with E-state index in [0.29, 0.717) is 12.1 Å². The Balaban J connectivity index is 1.93. The molecule has 0 aromatic heterocycles. The van der Waals surface area contributed by atoms with Crippen molar-refractivity contribution in [3.05, 3.63) is 29.8 Å². The van der Waals surface area contributed by atoms with Gasteiger partial charge in [-0.25, -0.2) is 0 Å². The highest BCUT2D eigenvalue weighted by Gasteiger charge is 2.18. The highest BCUT2D eigenvalue weighted by molar-refractivity contribution is 5.50. The number of nitrogens with zero attached hydrogens (tertiary/aromatic N) is 1. The summed E-state index contributed by atoms with van der Waals surface area (Å²) in [5, 5.41) is 3.72. The number of aryl methyl sites for hydroxylation is 1. The normalized spacial score (nSPS) is 21.9. The van der Waals surface area contributed by atoms with Crippen LogP contribution in [0.5, 0.6) is 0 Å². The molecule has 1 aliphatic heterocycles. The molecule has 18 heavy (non-hydrogen) atoms. The van der Waals surface area contributed by atoms with Gasteiger partial charge in [0.25, 0.3) is 0 Å². The summed E-state index contributed by atoms with van der Waals surface area (Å²) in [6, 6.07) is 9.91. The van der Waals surface area contributed by atoms with Crippen LogP contribution in [0.1, 0.15) is 38.7 Å². The zero-order valence-electron chi connectivity index (χ0n) is 11.9. The molecule has 1 heterocycles. The van der Waals surface area contributed by atoms with Gasteiger partial charge >= 0.3 is 0 Å². The first-order chi connectivity index (χ1) is 8.66. The van der Waals surface area contributed by atoms with E-state index < -0.39 is 0 Å². The minimum Gasteiger partial charge on any atom is -0.382 e. The van der Waals surface area contributed by atoms with E-state index in [1.165, 1.54) is 43.6 Å². The number of para-hydroxylation sites is 1. The van der Waals surface area contributed by atoms with Crippen molar-refractivity contribution in [2.75, 3.05) is 18.4 Å². The van der Waals surface area contributed by atoms with Crippen LogP contribution in [0.3, 0.4) is 0 Å². The zero-order chi connectivity index (χ0) is 13.0. The monoisotopic (exact) mass is 246 g/mol. The molecule has 0 bridgehead atoms. The average Bonchev–Trinajstić information content (AvgIpc) is 2.58. The molecular formula is C16H26N2. The van der Waals surface area contributed by atoms with Gasteiger partial charge in [0, 0.05) is 24.3 Å². The van der Waals surface area contributed by atoms with E-state index in [-0.39, 0.29) is 0 Å². The van der Waals surface area contributed by atoms with Crippen molar-refractivity contribution in [2.45, 2.75) is 52.1 Å². The summed E-state index contributed by atoms with van der Waals surface area (Å²) in [5.74, 6) is 0. The van der Waals surface area contributed by atoms with Crippen LogP contribution in [-0.2, 0) is 0 Å². The fourth-order valence-corrected chi connectivity index (χ4v) is 2.73. The molecule has 1 saturated heterocycles. The second-order valence-corrected chi connectivity index (χ2v) is 5.72. The molecule has 1 aromatic rings. The van der Waals surface area contributed by atoms with E-state index in [1.54, 1.807) is 0 Å². The summed E-state index contributed by atoms with van der Waals surface area (Å²) in [6.07, 6.45) is 3.85. The summed E-state index contributed by atoms with van der Waals surface area (Å²) in [4.78, 5) is 2.60. The van der Waals surface area contributed by atoms with Gasteiger partial charge in [0.15, 0.2) is 0 Å². The van der Waals surface area contributed by atoms with Gasteiger partial charge in [-0.15, -0.1) is 0 Å². The molecule has 1 atom stereocenters. The van der Waals surface area contributed by atoms with Crippen molar-refractivity contribution < 1.29 is 0 Å². The van der Waals surface area contributed by atoms with E-state index in [0.717, 1.165) is 0 Å². The van der Waals surface area contributed by atoms with Crippen LogP contribution in [0.2, 0.25) is 0 Å². The molecule has 1 N–H and O–H groups in total. The lowest BCUT2D eigenvalue weighted by molar-refractivity contribution is 0.230. The molecule has 1 unspecified atom stereocenters. The number of hydrogen-bond donors (Lipinski definition) is 1. The molecule has 1 fully saturated rings. The molecule has 0 saturated carbocycles. The summed E-state index contributed by atoms with van der Waals surface area (Å²) >= 11 is 0. The number of hydrogen-bond acceptors (Lipinski definition) is 2. The molecule has 0 spiro atoms. The quantitative estimate of drug-likeness (QED) is 0.875. The Labute approximate surface area is 111 Å². The van der Waals surface area contributed by atoms with Gasteiger partial charge in [-0.3, -0.25) is 0 Å². The lowest BCUT2D eigenvalue weighted by Gasteiger charge is -2.24. The third kappa shape index (κ3) is 3.49. The minimum absolute atomic E-state index is 0.634. The second-order valence-electron chi connectivity index (χ2n) is 5.72.